The van der Waals surface area contributed by atoms with E-state index in [1.165, 1.54) is 12.1 Å². The lowest BCUT2D eigenvalue weighted by atomic mass is 10.1. The molecule has 1 unspecified atom stereocenters. The van der Waals surface area contributed by atoms with Crippen LogP contribution in [0, 0.1) is 10.1 Å². The Morgan fingerprint density at radius 2 is 2.04 bits per heavy atom. The van der Waals surface area contributed by atoms with Crippen molar-refractivity contribution in [1.82, 2.24) is 10.2 Å². The van der Waals surface area contributed by atoms with E-state index in [4.69, 9.17) is 4.74 Å². The van der Waals surface area contributed by atoms with Crippen LogP contribution in [0.4, 0.5) is 10.5 Å². The fourth-order valence-corrected chi connectivity index (χ4v) is 2.63. The van der Waals surface area contributed by atoms with Crippen LogP contribution in [0.2, 0.25) is 0 Å². The van der Waals surface area contributed by atoms with Crippen LogP contribution in [0.15, 0.2) is 24.3 Å². The highest BCUT2D eigenvalue weighted by molar-refractivity contribution is 5.68. The highest BCUT2D eigenvalue weighted by Gasteiger charge is 2.27. The number of hydrogen-bond donors (Lipinski definition) is 1. The number of nitrogens with one attached hydrogen (secondary N) is 1. The second-order valence-electron chi connectivity index (χ2n) is 7.07. The molecule has 1 N–H and O–H groups in total. The first-order valence-electron chi connectivity index (χ1n) is 8.19. The summed E-state index contributed by atoms with van der Waals surface area (Å²) in [6, 6.07) is 6.70. The van der Waals surface area contributed by atoms with Crippen molar-refractivity contribution in [1.29, 1.82) is 0 Å². The van der Waals surface area contributed by atoms with Crippen molar-refractivity contribution in [3.8, 4) is 0 Å². The first-order chi connectivity index (χ1) is 11.2. The number of nitrogens with zero attached hydrogens (tertiary/aromatic N) is 2. The van der Waals surface area contributed by atoms with E-state index < -0.39 is 10.5 Å². The standard InChI is InChI=1S/C17H25N3O4/c1-17(2,3)24-16(21)19-10-4-5-14(12-19)18-11-13-6-8-15(9-7-13)20(22)23/h6-9,14,18H,4-5,10-12H2,1-3H3. The smallest absolute Gasteiger partial charge is 0.410 e. The molecule has 7 heteroatoms. The zero-order chi connectivity index (χ0) is 17.7. The molecule has 7 nitrogen and oxygen atoms in total. The topological polar surface area (TPSA) is 84.7 Å². The number of piperidine rings is 1. The lowest BCUT2D eigenvalue weighted by molar-refractivity contribution is -0.384. The molecule has 2 rings (SSSR count). The van der Waals surface area contributed by atoms with E-state index in [9.17, 15) is 14.9 Å². The third kappa shape index (κ3) is 5.49. The summed E-state index contributed by atoms with van der Waals surface area (Å²) in [5, 5.41) is 14.1. The number of likely N-dealkylation sites (tertiary alicyclic amines) is 1. The maximum absolute atomic E-state index is 12.1. The molecule has 0 radical (unpaired) electrons. The van der Waals surface area contributed by atoms with Gasteiger partial charge in [-0.25, -0.2) is 4.79 Å². The molecular formula is C17H25N3O4. The number of non-ortho nitro benzene ring substituents is 1. The number of benzene rings is 1. The van der Waals surface area contributed by atoms with Gasteiger partial charge in [-0.15, -0.1) is 0 Å². The molecule has 0 aromatic heterocycles. The maximum atomic E-state index is 12.1. The molecule has 0 aliphatic carbocycles. The number of hydrogen-bond acceptors (Lipinski definition) is 5. The molecule has 0 spiro atoms. The van der Waals surface area contributed by atoms with Crippen LogP contribution in [-0.4, -0.2) is 40.6 Å². The van der Waals surface area contributed by atoms with Gasteiger partial charge in [0.25, 0.3) is 5.69 Å². The number of rotatable bonds is 4. The highest BCUT2D eigenvalue weighted by Crippen LogP contribution is 2.16. The van der Waals surface area contributed by atoms with E-state index in [0.717, 1.165) is 18.4 Å². The monoisotopic (exact) mass is 335 g/mol. The van der Waals surface area contributed by atoms with Crippen LogP contribution in [0.25, 0.3) is 0 Å². The Morgan fingerprint density at radius 3 is 2.62 bits per heavy atom. The van der Waals surface area contributed by atoms with E-state index in [1.807, 2.05) is 20.8 Å². The molecule has 1 aromatic carbocycles. The molecule has 1 fully saturated rings. The summed E-state index contributed by atoms with van der Waals surface area (Å²) >= 11 is 0. The fourth-order valence-electron chi connectivity index (χ4n) is 2.63. The van der Waals surface area contributed by atoms with Gasteiger partial charge in [0.1, 0.15) is 5.60 Å². The predicted octanol–water partition coefficient (Wildman–Crippen LogP) is 3.08. The van der Waals surface area contributed by atoms with E-state index in [-0.39, 0.29) is 17.8 Å². The van der Waals surface area contributed by atoms with Crippen molar-refractivity contribution < 1.29 is 14.5 Å². The van der Waals surface area contributed by atoms with Crippen molar-refractivity contribution in [2.24, 2.45) is 0 Å². The van der Waals surface area contributed by atoms with E-state index in [2.05, 4.69) is 5.32 Å². The van der Waals surface area contributed by atoms with Gasteiger partial charge in [-0.3, -0.25) is 10.1 Å². The first kappa shape index (κ1) is 18.2. The number of ether oxygens (including phenoxy) is 1. The Kier molecular flexibility index (Phi) is 5.77. The van der Waals surface area contributed by atoms with Crippen LogP contribution in [0.3, 0.4) is 0 Å². The van der Waals surface area contributed by atoms with Crippen LogP contribution in [0.1, 0.15) is 39.2 Å². The molecule has 1 amide bonds. The van der Waals surface area contributed by atoms with Crippen molar-refractivity contribution in [3.05, 3.63) is 39.9 Å². The lowest BCUT2D eigenvalue weighted by Crippen LogP contribution is -2.49. The summed E-state index contributed by atoms with van der Waals surface area (Å²) in [5.41, 5.74) is 0.582. The number of carbonyl (C=O) groups is 1. The predicted molar refractivity (Wildman–Crippen MR) is 90.8 cm³/mol. The number of amides is 1. The molecule has 132 valence electrons. The van der Waals surface area contributed by atoms with Gasteiger partial charge in [0.05, 0.1) is 4.92 Å². The minimum atomic E-state index is -0.490. The second-order valence-corrected chi connectivity index (χ2v) is 7.07. The summed E-state index contributed by atoms with van der Waals surface area (Å²) in [5.74, 6) is 0. The van der Waals surface area contributed by atoms with Crippen molar-refractivity contribution in [2.45, 2.75) is 51.8 Å². The van der Waals surface area contributed by atoms with Crippen LogP contribution >= 0.6 is 0 Å². The molecule has 1 aromatic rings. The Hall–Kier alpha value is -2.15. The minimum absolute atomic E-state index is 0.0903. The fraction of sp³-hybridized carbons (Fsp3) is 0.588. The second kappa shape index (κ2) is 7.61. The van der Waals surface area contributed by atoms with E-state index in [0.29, 0.717) is 19.6 Å². The highest BCUT2D eigenvalue weighted by atomic mass is 16.6. The van der Waals surface area contributed by atoms with E-state index >= 15 is 0 Å². The molecule has 1 saturated heterocycles. The molecule has 0 bridgehead atoms. The number of nitro benzene ring substituents is 1. The van der Waals surface area contributed by atoms with Gasteiger partial charge in [0.15, 0.2) is 0 Å². The van der Waals surface area contributed by atoms with Crippen LogP contribution in [-0.2, 0) is 11.3 Å². The average Bonchev–Trinajstić information content (AvgIpc) is 2.52. The molecule has 24 heavy (non-hydrogen) atoms. The summed E-state index contributed by atoms with van der Waals surface area (Å²) in [6.45, 7) is 7.52. The third-order valence-electron chi connectivity index (χ3n) is 3.82. The van der Waals surface area contributed by atoms with Gasteiger partial charge in [-0.05, 0) is 39.2 Å². The Balaban J connectivity index is 1.84. The number of nitro groups is 1. The molecule has 0 saturated carbocycles. The number of carbonyl (C=O) groups excluding carboxylic acids is 1. The van der Waals surface area contributed by atoms with Gasteiger partial charge in [-0.1, -0.05) is 12.1 Å². The van der Waals surface area contributed by atoms with Crippen molar-refractivity contribution >= 4 is 11.8 Å². The zero-order valence-electron chi connectivity index (χ0n) is 14.4. The van der Waals surface area contributed by atoms with Gasteiger partial charge in [0.2, 0.25) is 0 Å². The van der Waals surface area contributed by atoms with Gasteiger partial charge >= 0.3 is 6.09 Å². The summed E-state index contributed by atoms with van der Waals surface area (Å²) < 4.78 is 5.42. The average molecular weight is 335 g/mol. The first-order valence-corrected chi connectivity index (χ1v) is 8.19. The van der Waals surface area contributed by atoms with Crippen molar-refractivity contribution in [2.75, 3.05) is 13.1 Å². The SMILES string of the molecule is CC(C)(C)OC(=O)N1CCCC(NCc2ccc([N+](=O)[O-])cc2)C1. The molecule has 1 aliphatic heterocycles. The van der Waals surface area contributed by atoms with Crippen molar-refractivity contribution in [3.63, 3.8) is 0 Å². The van der Waals surface area contributed by atoms with Gasteiger partial charge < -0.3 is 15.0 Å². The normalized spacial score (nSPS) is 18.3. The maximum Gasteiger partial charge on any atom is 0.410 e. The summed E-state index contributed by atoms with van der Waals surface area (Å²) in [4.78, 5) is 24.1. The Labute approximate surface area is 142 Å². The Bertz CT molecular complexity index is 580. The van der Waals surface area contributed by atoms with Gasteiger partial charge in [-0.2, -0.15) is 0 Å². The molecular weight excluding hydrogens is 310 g/mol. The lowest BCUT2D eigenvalue weighted by Gasteiger charge is -2.34. The molecule has 1 heterocycles. The zero-order valence-corrected chi connectivity index (χ0v) is 14.4. The van der Waals surface area contributed by atoms with Crippen LogP contribution in [0.5, 0.6) is 0 Å². The van der Waals surface area contributed by atoms with Crippen LogP contribution < -0.4 is 5.32 Å². The molecule has 1 aliphatic rings. The van der Waals surface area contributed by atoms with E-state index in [1.54, 1.807) is 17.0 Å². The molecule has 1 atom stereocenters. The minimum Gasteiger partial charge on any atom is -0.444 e. The van der Waals surface area contributed by atoms with Gasteiger partial charge in [0, 0.05) is 37.8 Å². The quantitative estimate of drug-likeness (QED) is 0.675. The Morgan fingerprint density at radius 1 is 1.38 bits per heavy atom. The largest absolute Gasteiger partial charge is 0.444 e. The summed E-state index contributed by atoms with van der Waals surface area (Å²) in [7, 11) is 0. The third-order valence-corrected chi connectivity index (χ3v) is 3.82. The summed E-state index contributed by atoms with van der Waals surface area (Å²) in [6.07, 6.45) is 1.65.